The molecule has 9 heteroatoms. The summed E-state index contributed by atoms with van der Waals surface area (Å²) < 4.78 is 0.636. The quantitative estimate of drug-likeness (QED) is 0.578. The normalized spacial score (nSPS) is 17.5. The fraction of sp³-hybridized carbons (Fsp3) is 0.273. The Labute approximate surface area is 204 Å². The van der Waals surface area contributed by atoms with Crippen LogP contribution in [0.1, 0.15) is 15.9 Å². The van der Waals surface area contributed by atoms with E-state index in [0.717, 1.165) is 12.1 Å². The van der Waals surface area contributed by atoms with Gasteiger partial charge < -0.3 is 15.1 Å². The number of carbonyl (C=O) groups excluding carboxylic acids is 2. The molecule has 31 heavy (non-hydrogen) atoms. The van der Waals surface area contributed by atoms with Crippen molar-refractivity contribution in [1.82, 2.24) is 15.1 Å². The molecule has 1 N–H and O–H groups in total. The van der Waals surface area contributed by atoms with Crippen molar-refractivity contribution in [3.8, 4) is 0 Å². The summed E-state index contributed by atoms with van der Waals surface area (Å²) in [6.45, 7) is 2.73. The van der Waals surface area contributed by atoms with Gasteiger partial charge >= 0.3 is 0 Å². The zero-order chi connectivity index (χ0) is 22.1. The first-order valence-electron chi connectivity index (χ1n) is 9.70. The van der Waals surface area contributed by atoms with Crippen molar-refractivity contribution in [1.29, 1.82) is 0 Å². The average Bonchev–Trinajstić information content (AvgIpc) is 3.29. The molecule has 2 aromatic carbocycles. The fourth-order valence-corrected chi connectivity index (χ4v) is 4.83. The van der Waals surface area contributed by atoms with E-state index in [2.05, 4.69) is 32.3 Å². The number of halogens is 4. The lowest BCUT2D eigenvalue weighted by Gasteiger charge is -2.21. The van der Waals surface area contributed by atoms with Crippen molar-refractivity contribution in [2.24, 2.45) is 5.92 Å². The lowest BCUT2D eigenvalue weighted by atomic mass is 10.1. The molecule has 0 aliphatic carbocycles. The Bertz CT molecular complexity index is 1080. The number of benzene rings is 2. The fourth-order valence-electron chi connectivity index (χ4n) is 3.86. The van der Waals surface area contributed by atoms with Crippen LogP contribution in [0.2, 0.25) is 15.1 Å². The zero-order valence-electron chi connectivity index (χ0n) is 16.4. The molecule has 4 rings (SSSR count). The molecule has 0 bridgehead atoms. The summed E-state index contributed by atoms with van der Waals surface area (Å²) in [7, 11) is 0. The van der Waals surface area contributed by atoms with Gasteiger partial charge in [0.1, 0.15) is 0 Å². The number of rotatable bonds is 5. The Morgan fingerprint density at radius 2 is 1.87 bits per heavy atom. The molecule has 1 unspecified atom stereocenters. The van der Waals surface area contributed by atoms with E-state index in [9.17, 15) is 9.59 Å². The minimum atomic E-state index is -0.310. The molecule has 0 saturated carbocycles. The molecular weight excluding hydrogens is 525 g/mol. The van der Waals surface area contributed by atoms with Crippen molar-refractivity contribution in [3.63, 3.8) is 0 Å². The summed E-state index contributed by atoms with van der Waals surface area (Å²) in [6.07, 6.45) is 2.12. The van der Waals surface area contributed by atoms with Gasteiger partial charge in [0.25, 0.3) is 5.91 Å². The third-order valence-corrected chi connectivity index (χ3v) is 7.27. The number of fused-ring (bicyclic) bond motifs is 1. The van der Waals surface area contributed by atoms with Gasteiger partial charge in [-0.2, -0.15) is 0 Å². The van der Waals surface area contributed by atoms with Gasteiger partial charge in [0.15, 0.2) is 0 Å². The van der Waals surface area contributed by atoms with Crippen molar-refractivity contribution in [2.45, 2.75) is 6.54 Å². The number of nitrogens with one attached hydrogen (secondary N) is 1. The maximum absolute atomic E-state index is 12.6. The smallest absolute Gasteiger partial charge is 0.251 e. The molecule has 1 fully saturated rings. The minimum absolute atomic E-state index is 0.0385. The van der Waals surface area contributed by atoms with Gasteiger partial charge in [0, 0.05) is 58.4 Å². The van der Waals surface area contributed by atoms with Crippen LogP contribution in [-0.4, -0.2) is 47.8 Å². The highest BCUT2D eigenvalue weighted by Gasteiger charge is 2.35. The van der Waals surface area contributed by atoms with E-state index >= 15 is 0 Å². The first-order chi connectivity index (χ1) is 14.8. The van der Waals surface area contributed by atoms with Crippen molar-refractivity contribution in [3.05, 3.63) is 78.8 Å². The molecule has 0 spiro atoms. The van der Waals surface area contributed by atoms with Crippen LogP contribution in [0.5, 0.6) is 0 Å². The van der Waals surface area contributed by atoms with E-state index in [0.29, 0.717) is 50.7 Å². The minimum Gasteiger partial charge on any atom is -0.372 e. The SMILES string of the molecule is O=C(NCC(=O)N1CC2=CN(Cc3ccc(Cl)cc3Cl)CC2C1)c1ccc(Cl)c(Br)c1. The van der Waals surface area contributed by atoms with Gasteiger partial charge in [0.2, 0.25) is 5.91 Å². The van der Waals surface area contributed by atoms with E-state index in [1.54, 1.807) is 29.2 Å². The number of likely N-dealkylation sites (tertiary alicyclic amines) is 1. The predicted molar refractivity (Wildman–Crippen MR) is 127 cm³/mol. The van der Waals surface area contributed by atoms with Gasteiger partial charge in [-0.15, -0.1) is 0 Å². The second kappa shape index (κ2) is 9.41. The van der Waals surface area contributed by atoms with Crippen LogP contribution in [0.3, 0.4) is 0 Å². The molecule has 2 aliphatic heterocycles. The summed E-state index contributed by atoms with van der Waals surface area (Å²) >= 11 is 21.5. The van der Waals surface area contributed by atoms with Crippen molar-refractivity contribution >= 4 is 62.5 Å². The lowest BCUT2D eigenvalue weighted by molar-refractivity contribution is -0.129. The second-order valence-electron chi connectivity index (χ2n) is 7.65. The second-order valence-corrected chi connectivity index (χ2v) is 9.76. The highest BCUT2D eigenvalue weighted by molar-refractivity contribution is 9.10. The number of hydrogen-bond acceptors (Lipinski definition) is 3. The van der Waals surface area contributed by atoms with E-state index in [4.69, 9.17) is 34.8 Å². The Hall–Kier alpha value is -1.73. The zero-order valence-corrected chi connectivity index (χ0v) is 20.2. The summed E-state index contributed by atoms with van der Waals surface area (Å²) in [4.78, 5) is 28.9. The topological polar surface area (TPSA) is 52.7 Å². The lowest BCUT2D eigenvalue weighted by Crippen LogP contribution is -2.39. The van der Waals surface area contributed by atoms with Gasteiger partial charge in [-0.25, -0.2) is 0 Å². The van der Waals surface area contributed by atoms with Crippen LogP contribution in [-0.2, 0) is 11.3 Å². The molecule has 1 atom stereocenters. The highest BCUT2D eigenvalue weighted by Crippen LogP contribution is 2.32. The highest BCUT2D eigenvalue weighted by atomic mass is 79.9. The molecule has 2 heterocycles. The first kappa shape index (κ1) is 22.5. The molecular formula is C22H19BrCl3N3O2. The summed E-state index contributed by atoms with van der Waals surface area (Å²) in [5, 5.41) is 4.49. The van der Waals surface area contributed by atoms with Gasteiger partial charge in [-0.3, -0.25) is 9.59 Å². The Kier molecular flexibility index (Phi) is 6.82. The van der Waals surface area contributed by atoms with Crippen LogP contribution in [0, 0.1) is 5.92 Å². The number of amides is 2. The summed E-state index contributed by atoms with van der Waals surface area (Å²) in [5.41, 5.74) is 2.69. The molecule has 2 amide bonds. The third-order valence-electron chi connectivity index (χ3n) is 5.47. The van der Waals surface area contributed by atoms with Crippen molar-refractivity contribution < 1.29 is 9.59 Å². The molecule has 5 nitrogen and oxygen atoms in total. The van der Waals surface area contributed by atoms with E-state index < -0.39 is 0 Å². The molecule has 0 radical (unpaired) electrons. The Balaban J connectivity index is 1.30. The maximum atomic E-state index is 12.6. The Morgan fingerprint density at radius 1 is 1.06 bits per heavy atom. The van der Waals surface area contributed by atoms with Crippen LogP contribution in [0.25, 0.3) is 0 Å². The van der Waals surface area contributed by atoms with Crippen LogP contribution < -0.4 is 5.32 Å². The largest absolute Gasteiger partial charge is 0.372 e. The third kappa shape index (κ3) is 5.20. The molecule has 2 aliphatic rings. The standard InChI is InChI=1S/C22H19BrCl3N3O2/c23-18-5-13(2-4-19(18)25)22(31)27-7-21(30)29-11-15-9-28(10-16(15)12-29)8-14-1-3-17(24)6-20(14)26/h1-6,9,16H,7-8,10-12H2,(H,27,31). The average molecular weight is 544 g/mol. The first-order valence-corrected chi connectivity index (χ1v) is 11.6. The predicted octanol–water partition coefficient (Wildman–Crippen LogP) is 5.00. The van der Waals surface area contributed by atoms with Crippen molar-refractivity contribution in [2.75, 3.05) is 26.2 Å². The van der Waals surface area contributed by atoms with E-state index in [1.165, 1.54) is 5.57 Å². The maximum Gasteiger partial charge on any atom is 0.251 e. The van der Waals surface area contributed by atoms with E-state index in [-0.39, 0.29) is 18.4 Å². The van der Waals surface area contributed by atoms with Gasteiger partial charge in [-0.05, 0) is 57.4 Å². The monoisotopic (exact) mass is 541 g/mol. The summed E-state index contributed by atoms with van der Waals surface area (Å²) in [5.74, 6) is -0.0998. The molecule has 162 valence electrons. The van der Waals surface area contributed by atoms with Crippen LogP contribution in [0.4, 0.5) is 0 Å². The number of carbonyl (C=O) groups is 2. The summed E-state index contributed by atoms with van der Waals surface area (Å²) in [6, 6.07) is 10.4. The molecule has 1 saturated heterocycles. The molecule has 0 aromatic heterocycles. The number of hydrogen-bond donors (Lipinski definition) is 1. The Morgan fingerprint density at radius 3 is 2.58 bits per heavy atom. The van der Waals surface area contributed by atoms with Gasteiger partial charge in [0.05, 0.1) is 11.6 Å². The molecule has 2 aromatic rings. The number of nitrogens with zero attached hydrogens (tertiary/aromatic N) is 2. The van der Waals surface area contributed by atoms with E-state index in [1.807, 2.05) is 12.1 Å². The van der Waals surface area contributed by atoms with Gasteiger partial charge in [-0.1, -0.05) is 40.9 Å². The van der Waals surface area contributed by atoms with Crippen LogP contribution >= 0.6 is 50.7 Å². The van der Waals surface area contributed by atoms with Crippen LogP contribution in [0.15, 0.2) is 52.6 Å².